The normalized spacial score (nSPS) is 20.5. The highest BCUT2D eigenvalue weighted by Crippen LogP contribution is 2.34. The molecule has 1 aliphatic rings. The maximum atomic E-state index is 4.78. The molecule has 23 heavy (non-hydrogen) atoms. The quantitative estimate of drug-likeness (QED) is 0.634. The van der Waals surface area contributed by atoms with Gasteiger partial charge in [-0.05, 0) is 43.4 Å². The maximum Gasteiger partial charge on any atom is 0.191 e. The third kappa shape index (κ3) is 4.01. The molecule has 0 aliphatic heterocycles. The molecule has 2 unspecified atom stereocenters. The average Bonchev–Trinajstić information content (AvgIpc) is 3.31. The number of pyridine rings is 1. The molecule has 0 spiro atoms. The zero-order valence-corrected chi connectivity index (χ0v) is 14.0. The molecule has 3 rings (SSSR count). The molecular weight excluding hydrogens is 284 g/mol. The number of guanidine groups is 1. The lowest BCUT2D eigenvalue weighted by molar-refractivity contribution is 0.655. The van der Waals surface area contributed by atoms with Gasteiger partial charge in [0.1, 0.15) is 0 Å². The van der Waals surface area contributed by atoms with Crippen LogP contribution >= 0.6 is 0 Å². The van der Waals surface area contributed by atoms with Crippen LogP contribution in [0.1, 0.15) is 38.7 Å². The molecule has 0 radical (unpaired) electrons. The zero-order valence-electron chi connectivity index (χ0n) is 14.0. The van der Waals surface area contributed by atoms with Gasteiger partial charge in [0.05, 0.1) is 12.1 Å². The molecule has 1 saturated carbocycles. The SMILES string of the molecule is CCCC1CC1NC(=NCc1ccnc2ccccc12)NCC. The van der Waals surface area contributed by atoms with Crippen molar-refractivity contribution in [1.29, 1.82) is 0 Å². The molecule has 2 N–H and O–H groups in total. The topological polar surface area (TPSA) is 49.3 Å². The number of hydrogen-bond donors (Lipinski definition) is 2. The zero-order chi connectivity index (χ0) is 16.1. The lowest BCUT2D eigenvalue weighted by Gasteiger charge is -2.11. The summed E-state index contributed by atoms with van der Waals surface area (Å²) < 4.78 is 0. The van der Waals surface area contributed by atoms with E-state index >= 15 is 0 Å². The van der Waals surface area contributed by atoms with Gasteiger partial charge in [0.2, 0.25) is 0 Å². The summed E-state index contributed by atoms with van der Waals surface area (Å²) in [6.45, 7) is 5.91. The Morgan fingerprint density at radius 1 is 1.26 bits per heavy atom. The molecule has 4 nitrogen and oxygen atoms in total. The average molecular weight is 310 g/mol. The first-order valence-electron chi connectivity index (χ1n) is 8.69. The van der Waals surface area contributed by atoms with E-state index in [4.69, 9.17) is 4.99 Å². The molecule has 122 valence electrons. The van der Waals surface area contributed by atoms with E-state index < -0.39 is 0 Å². The summed E-state index contributed by atoms with van der Waals surface area (Å²) in [7, 11) is 0. The second-order valence-electron chi connectivity index (χ2n) is 6.22. The molecule has 1 heterocycles. The summed E-state index contributed by atoms with van der Waals surface area (Å²) in [4.78, 5) is 9.19. The predicted octanol–water partition coefficient (Wildman–Crippen LogP) is 3.48. The highest BCUT2D eigenvalue weighted by atomic mass is 15.2. The van der Waals surface area contributed by atoms with Crippen molar-refractivity contribution in [1.82, 2.24) is 15.6 Å². The Morgan fingerprint density at radius 2 is 2.13 bits per heavy atom. The van der Waals surface area contributed by atoms with Crippen LogP contribution in [0.25, 0.3) is 10.9 Å². The largest absolute Gasteiger partial charge is 0.357 e. The van der Waals surface area contributed by atoms with Crippen molar-refractivity contribution in [2.24, 2.45) is 10.9 Å². The summed E-state index contributed by atoms with van der Waals surface area (Å²) >= 11 is 0. The third-order valence-electron chi connectivity index (χ3n) is 4.40. The van der Waals surface area contributed by atoms with E-state index in [2.05, 4.69) is 47.7 Å². The van der Waals surface area contributed by atoms with Crippen molar-refractivity contribution >= 4 is 16.9 Å². The van der Waals surface area contributed by atoms with Gasteiger partial charge in [-0.2, -0.15) is 0 Å². The van der Waals surface area contributed by atoms with Crippen molar-refractivity contribution in [2.75, 3.05) is 6.54 Å². The Bertz CT molecular complexity index is 675. The van der Waals surface area contributed by atoms with Crippen LogP contribution in [0, 0.1) is 5.92 Å². The minimum Gasteiger partial charge on any atom is -0.357 e. The van der Waals surface area contributed by atoms with E-state index in [1.165, 1.54) is 30.2 Å². The molecule has 0 amide bonds. The summed E-state index contributed by atoms with van der Waals surface area (Å²) in [5, 5.41) is 8.11. The minimum absolute atomic E-state index is 0.599. The highest BCUT2D eigenvalue weighted by molar-refractivity contribution is 5.83. The van der Waals surface area contributed by atoms with Gasteiger partial charge in [0.15, 0.2) is 5.96 Å². The van der Waals surface area contributed by atoms with E-state index in [9.17, 15) is 0 Å². The third-order valence-corrected chi connectivity index (χ3v) is 4.40. The number of fused-ring (bicyclic) bond motifs is 1. The molecule has 1 aromatic heterocycles. The van der Waals surface area contributed by atoms with Gasteiger partial charge < -0.3 is 10.6 Å². The maximum absolute atomic E-state index is 4.78. The summed E-state index contributed by atoms with van der Waals surface area (Å²) in [5.41, 5.74) is 2.25. The molecule has 1 aliphatic carbocycles. The predicted molar refractivity (Wildman–Crippen MR) is 96.5 cm³/mol. The molecule has 4 heteroatoms. The first kappa shape index (κ1) is 15.8. The molecule has 2 atom stereocenters. The van der Waals surface area contributed by atoms with E-state index in [0.29, 0.717) is 12.6 Å². The van der Waals surface area contributed by atoms with Gasteiger partial charge >= 0.3 is 0 Å². The van der Waals surface area contributed by atoms with Gasteiger partial charge in [-0.15, -0.1) is 0 Å². The second kappa shape index (κ2) is 7.44. The Hall–Kier alpha value is -2.10. The number of aliphatic imine (C=N–C) groups is 1. The monoisotopic (exact) mass is 310 g/mol. The molecule has 1 fully saturated rings. The van der Waals surface area contributed by atoms with Crippen molar-refractivity contribution in [3.05, 3.63) is 42.1 Å². The van der Waals surface area contributed by atoms with Gasteiger partial charge in [0, 0.05) is 24.2 Å². The van der Waals surface area contributed by atoms with Gasteiger partial charge in [-0.1, -0.05) is 31.5 Å². The van der Waals surface area contributed by atoms with Crippen LogP contribution in [0.5, 0.6) is 0 Å². The van der Waals surface area contributed by atoms with Crippen LogP contribution in [0.15, 0.2) is 41.5 Å². The first-order chi connectivity index (χ1) is 11.3. The van der Waals surface area contributed by atoms with Crippen LogP contribution in [-0.4, -0.2) is 23.5 Å². The van der Waals surface area contributed by atoms with Gasteiger partial charge in [-0.25, -0.2) is 4.99 Å². The van der Waals surface area contributed by atoms with Crippen LogP contribution in [0.2, 0.25) is 0 Å². The minimum atomic E-state index is 0.599. The van der Waals surface area contributed by atoms with Crippen LogP contribution in [0.3, 0.4) is 0 Å². The highest BCUT2D eigenvalue weighted by Gasteiger charge is 2.36. The van der Waals surface area contributed by atoms with E-state index in [0.717, 1.165) is 23.9 Å². The summed E-state index contributed by atoms with van der Waals surface area (Å²) in [5.74, 6) is 1.75. The molecule has 0 saturated heterocycles. The van der Waals surface area contributed by atoms with E-state index in [1.807, 2.05) is 18.3 Å². The van der Waals surface area contributed by atoms with Crippen molar-refractivity contribution in [3.8, 4) is 0 Å². The van der Waals surface area contributed by atoms with Crippen LogP contribution < -0.4 is 10.6 Å². The first-order valence-corrected chi connectivity index (χ1v) is 8.69. The van der Waals surface area contributed by atoms with E-state index in [1.54, 1.807) is 0 Å². The fourth-order valence-electron chi connectivity index (χ4n) is 3.07. The number of rotatable bonds is 6. The number of nitrogens with zero attached hydrogens (tertiary/aromatic N) is 2. The standard InChI is InChI=1S/C19H26N4/c1-3-7-14-12-18(14)23-19(20-4-2)22-13-15-10-11-21-17-9-6-5-8-16(15)17/h5-6,8-11,14,18H,3-4,7,12-13H2,1-2H3,(H2,20,22,23). The number of para-hydroxylation sites is 1. The summed E-state index contributed by atoms with van der Waals surface area (Å²) in [6, 6.07) is 10.9. The molecule has 0 bridgehead atoms. The van der Waals surface area contributed by atoms with E-state index in [-0.39, 0.29) is 0 Å². The Labute approximate surface area is 138 Å². The second-order valence-corrected chi connectivity index (χ2v) is 6.22. The number of nitrogens with one attached hydrogen (secondary N) is 2. The van der Waals surface area contributed by atoms with Gasteiger partial charge in [0.25, 0.3) is 0 Å². The smallest absolute Gasteiger partial charge is 0.191 e. The van der Waals surface area contributed by atoms with Crippen molar-refractivity contribution in [3.63, 3.8) is 0 Å². The summed E-state index contributed by atoms with van der Waals surface area (Å²) in [6.07, 6.45) is 5.72. The number of hydrogen-bond acceptors (Lipinski definition) is 2. The number of aromatic nitrogens is 1. The Morgan fingerprint density at radius 3 is 2.96 bits per heavy atom. The van der Waals surface area contributed by atoms with Crippen LogP contribution in [0.4, 0.5) is 0 Å². The molecule has 2 aromatic rings. The Kier molecular flexibility index (Phi) is 5.11. The lowest BCUT2D eigenvalue weighted by Crippen LogP contribution is -2.39. The fraction of sp³-hybridized carbons (Fsp3) is 0.474. The van der Waals surface area contributed by atoms with Crippen molar-refractivity contribution in [2.45, 2.75) is 45.7 Å². The van der Waals surface area contributed by atoms with Crippen LogP contribution in [-0.2, 0) is 6.54 Å². The van der Waals surface area contributed by atoms with Crippen molar-refractivity contribution < 1.29 is 0 Å². The number of benzene rings is 1. The molecular formula is C19H26N4. The molecule has 1 aromatic carbocycles. The fourth-order valence-corrected chi connectivity index (χ4v) is 3.07. The lowest BCUT2D eigenvalue weighted by atomic mass is 10.1. The van der Waals surface area contributed by atoms with Gasteiger partial charge in [-0.3, -0.25) is 4.98 Å². The Balaban J connectivity index is 1.70.